The van der Waals surface area contributed by atoms with Crippen molar-refractivity contribution in [3.8, 4) is 0 Å². The zero-order valence-electron chi connectivity index (χ0n) is 60.9. The van der Waals surface area contributed by atoms with E-state index in [0.717, 1.165) is 25.3 Å². The van der Waals surface area contributed by atoms with Gasteiger partial charge in [-0.15, -0.1) is 5.53 Å². The highest BCUT2D eigenvalue weighted by molar-refractivity contribution is 6.03. The highest BCUT2D eigenvalue weighted by atomic mass is 19.1. The fraction of sp³-hybridized carbons (Fsp3) is 0.792. The molecule has 3 unspecified atom stereocenters. The van der Waals surface area contributed by atoms with Crippen molar-refractivity contribution in [2.24, 2.45) is 40.4 Å². The van der Waals surface area contributed by atoms with Gasteiger partial charge in [-0.25, -0.2) is 8.78 Å². The number of Topliss-reactive ketones (excluding diaryl/α,β-unsaturated/α-hetero) is 2. The number of rotatable bonds is 38. The molecule has 0 aromatic carbocycles. The molecule has 104 heavy (non-hydrogen) atoms. The van der Waals surface area contributed by atoms with E-state index in [-0.39, 0.29) is 141 Å². The first-order valence-electron chi connectivity index (χ1n) is 37.2. The number of amides is 6. The second-order valence-electron chi connectivity index (χ2n) is 30.0. The van der Waals surface area contributed by atoms with Crippen LogP contribution in [0, 0.1) is 40.4 Å². The summed E-state index contributed by atoms with van der Waals surface area (Å²) in [6.07, 6.45) is -4.89. The summed E-state index contributed by atoms with van der Waals surface area (Å²) in [7, 11) is 0. The number of imide groups is 1. The molecule has 6 amide bonds. The summed E-state index contributed by atoms with van der Waals surface area (Å²) in [5.74, 6) is -8.08. The zero-order valence-corrected chi connectivity index (χ0v) is 60.9. The van der Waals surface area contributed by atoms with Gasteiger partial charge in [-0.2, -0.15) is 0 Å². The van der Waals surface area contributed by atoms with Gasteiger partial charge >= 0.3 is 0 Å². The van der Waals surface area contributed by atoms with Gasteiger partial charge in [0, 0.05) is 54.4 Å². The van der Waals surface area contributed by atoms with Gasteiger partial charge in [0.1, 0.15) is 49.3 Å². The van der Waals surface area contributed by atoms with Gasteiger partial charge in [-0.1, -0.05) is 66.9 Å². The Labute approximate surface area is 605 Å². The maximum absolute atomic E-state index is 18.1. The van der Waals surface area contributed by atoms with Crippen LogP contribution in [0.1, 0.15) is 151 Å². The summed E-state index contributed by atoms with van der Waals surface area (Å²) in [6.45, 7) is 12.1. The predicted octanol–water partition coefficient (Wildman–Crippen LogP) is 0.925. The molecule has 5 aliphatic carbocycles. The molecular weight excluding hydrogens is 1370 g/mol. The summed E-state index contributed by atoms with van der Waals surface area (Å²) in [4.78, 5) is 122. The third-order valence-corrected chi connectivity index (χ3v) is 22.6. The molecule has 9 aliphatic rings. The van der Waals surface area contributed by atoms with Crippen molar-refractivity contribution in [2.45, 2.75) is 236 Å². The Morgan fingerprint density at radius 3 is 2.20 bits per heavy atom. The molecule has 6 fully saturated rings. The number of aliphatic hydroxyl groups excluding tert-OH is 5. The lowest BCUT2D eigenvalue weighted by molar-refractivity contribution is -0.266. The Morgan fingerprint density at radius 1 is 0.827 bits per heavy atom. The molecule has 9 rings (SSSR count). The van der Waals surface area contributed by atoms with Crippen molar-refractivity contribution in [2.75, 3.05) is 85.7 Å². The number of ketones is 3. The van der Waals surface area contributed by atoms with Crippen LogP contribution in [-0.2, 0) is 81.0 Å². The molecule has 0 aromatic rings. The predicted molar refractivity (Wildman–Crippen MR) is 364 cm³/mol. The summed E-state index contributed by atoms with van der Waals surface area (Å²) in [5.41, 5.74) is 0.0495. The van der Waals surface area contributed by atoms with Crippen molar-refractivity contribution in [1.82, 2.24) is 42.1 Å². The van der Waals surface area contributed by atoms with Gasteiger partial charge in [0.15, 0.2) is 41.1 Å². The van der Waals surface area contributed by atoms with E-state index in [1.807, 2.05) is 6.92 Å². The Kier molecular flexibility index (Phi) is 28.7. The Morgan fingerprint density at radius 2 is 1.53 bits per heavy atom. The molecule has 584 valence electrons. The molecule has 0 aromatic heterocycles. The van der Waals surface area contributed by atoms with Crippen LogP contribution in [0.25, 0.3) is 0 Å². The molecular formula is C72H110F2N8O22. The maximum atomic E-state index is 18.1. The van der Waals surface area contributed by atoms with Crippen molar-refractivity contribution in [3.05, 3.63) is 35.2 Å². The van der Waals surface area contributed by atoms with Gasteiger partial charge < -0.3 is 90.1 Å². The molecule has 0 bridgehead atoms. The lowest BCUT2D eigenvalue weighted by Crippen LogP contribution is -2.71. The van der Waals surface area contributed by atoms with Crippen LogP contribution in [0.4, 0.5) is 8.78 Å². The largest absolute Gasteiger partial charge is 0.394 e. The number of unbranched alkanes of at least 4 members (excludes halogenated alkanes) is 1. The van der Waals surface area contributed by atoms with Gasteiger partial charge in [-0.3, -0.25) is 53.1 Å². The molecule has 32 heteroatoms. The number of nitrogens with zero attached hydrogens (tertiary/aromatic N) is 2. The quantitative estimate of drug-likeness (QED) is 0.0302. The summed E-state index contributed by atoms with van der Waals surface area (Å²) in [6, 6.07) is -2.33. The third-order valence-electron chi connectivity index (χ3n) is 22.6. The Balaban J connectivity index is 0.767. The van der Waals surface area contributed by atoms with Crippen molar-refractivity contribution in [1.29, 1.82) is 0 Å². The lowest BCUT2D eigenvalue weighted by atomic mass is 9.44. The fourth-order valence-corrected chi connectivity index (χ4v) is 16.9. The van der Waals surface area contributed by atoms with Crippen LogP contribution in [-0.4, -0.2) is 259 Å². The first-order valence-corrected chi connectivity index (χ1v) is 37.2. The summed E-state index contributed by atoms with van der Waals surface area (Å²) >= 11 is 0. The van der Waals surface area contributed by atoms with E-state index in [1.54, 1.807) is 27.7 Å². The molecule has 4 heterocycles. The Hall–Kier alpha value is -5.85. The molecule has 30 nitrogen and oxygen atoms in total. The minimum absolute atomic E-state index is 0.0347. The number of hydrogen-bond acceptors (Lipinski definition) is 25. The van der Waals surface area contributed by atoms with Crippen LogP contribution in [0.3, 0.4) is 0 Å². The zero-order chi connectivity index (χ0) is 75.4. The van der Waals surface area contributed by atoms with Gasteiger partial charge in [-0.05, 0) is 101 Å². The van der Waals surface area contributed by atoms with Crippen LogP contribution >= 0.6 is 0 Å². The molecule has 0 spiro atoms. The minimum atomic E-state index is -2.42. The number of alkyl halides is 2. The SMILES string of the molecule is CCCC1O[C@@H]2C[C@H]3[C@@H]4C[C@H](F)C5=CC(=O)C=C[C@]5(C)[C@@]4(F)[C@@H](O)C[C@]3(C)[C@]2(C(=O)CNC(=O)[C@H](C)CC(=O)[C@@H](NC(=O)[C@@H](CCCCNC(=O)COC2CCCCCC3=C2NNN3[C@@H]2O[C@H](CO)[C@H](O)[C@H](O)[C@H]2O)NC(=O)CCOCCOCCOCCOCCN2C(=O)CC(C)C2=O)C(C)C)O1. The number of carbonyl (C=O) groups is 9. The average Bonchev–Trinajstić information content (AvgIpc) is 1.42. The van der Waals surface area contributed by atoms with Crippen LogP contribution < -0.4 is 32.2 Å². The monoisotopic (exact) mass is 1480 g/mol. The number of nitrogens with one attached hydrogen (secondary N) is 6. The van der Waals surface area contributed by atoms with E-state index in [2.05, 4.69) is 32.2 Å². The highest BCUT2D eigenvalue weighted by Crippen LogP contribution is 2.72. The third kappa shape index (κ3) is 17.8. The normalized spacial score (nSPS) is 33.9. The van der Waals surface area contributed by atoms with Gasteiger partial charge in [0.05, 0.1) is 102 Å². The van der Waals surface area contributed by atoms with Crippen LogP contribution in [0.15, 0.2) is 35.2 Å². The first kappa shape index (κ1) is 82.2. The van der Waals surface area contributed by atoms with E-state index < -0.39 is 173 Å². The van der Waals surface area contributed by atoms with E-state index in [0.29, 0.717) is 49.9 Å². The fourth-order valence-electron chi connectivity index (χ4n) is 16.9. The number of likely N-dealkylation sites (tertiary alicyclic amines) is 1. The first-order chi connectivity index (χ1) is 49.6. The molecule has 0 radical (unpaired) electrons. The number of aliphatic hydroxyl groups is 5. The van der Waals surface area contributed by atoms with Gasteiger partial charge in [0.2, 0.25) is 35.4 Å². The lowest BCUT2D eigenvalue weighted by Gasteiger charge is -2.63. The smallest absolute Gasteiger partial charge is 0.246 e. The standard InChI is InChI=1S/C72H110F2N8O22/c1-8-14-59-103-55-35-44-45-34-47(73)46-33-43(84)18-20-69(46,6)71(45,74)53(86)36-70(44,7)72(55,104-59)54(87)37-76-65(94)41(4)31-50(85)60(40(2)3)78-66(95)48(77-56(88)19-23-97-25-27-99-29-30-100-28-26-98-24-22-81-58(90)32-42(5)67(81)96)15-12-13-21-75-57(89)39-101-51-17-11-9-10-16-49-61(51)79-80-82(49)68-64(93)63(92)62(91)52(38-83)102-68/h18,20,33,40-42,44-45,47-48,51-53,55,59-60,62-64,68,79-80,83,86,91-93H,8-17,19,21-32,34-39H2,1-7H3,(H,75,89)(H,76,94)(H,77,88)(H,78,95)/t41-,42?,44+,45+,47+,48-,51?,52-,53+,55-,59?,60+,62+,63+,64-,68-,69+,70+,71+,72-/m1/s1. The van der Waals surface area contributed by atoms with E-state index in [4.69, 9.17) is 37.9 Å². The number of hydrogen-bond donors (Lipinski definition) is 11. The number of halogens is 2. The number of ether oxygens (including phenoxy) is 8. The van der Waals surface area contributed by atoms with Gasteiger partial charge in [0.25, 0.3) is 0 Å². The van der Waals surface area contributed by atoms with Crippen molar-refractivity contribution < 1.29 is 115 Å². The Bertz CT molecular complexity index is 3160. The average molecular weight is 1480 g/mol. The molecule has 20 atom stereocenters. The molecule has 3 saturated heterocycles. The highest BCUT2D eigenvalue weighted by Gasteiger charge is 2.80. The summed E-state index contributed by atoms with van der Waals surface area (Å²) in [5, 5.41) is 66.3. The number of allylic oxidation sites excluding steroid dienone is 5. The number of fused-ring (bicyclic) bond motifs is 7. The van der Waals surface area contributed by atoms with Crippen LogP contribution in [0.2, 0.25) is 0 Å². The van der Waals surface area contributed by atoms with Crippen molar-refractivity contribution in [3.63, 3.8) is 0 Å². The molecule has 3 saturated carbocycles. The topological polar surface area (TPSA) is 407 Å². The number of carbonyl (C=O) groups excluding carboxylic acids is 9. The maximum Gasteiger partial charge on any atom is 0.246 e. The van der Waals surface area contributed by atoms with Crippen LogP contribution in [0.5, 0.6) is 0 Å². The van der Waals surface area contributed by atoms with E-state index in [9.17, 15) is 63.9 Å². The summed E-state index contributed by atoms with van der Waals surface area (Å²) < 4.78 is 81.7. The molecule has 11 N–H and O–H groups in total. The van der Waals surface area contributed by atoms with Crippen molar-refractivity contribution >= 4 is 52.8 Å². The molecule has 4 aliphatic heterocycles. The number of hydrazine groups is 2. The minimum Gasteiger partial charge on any atom is -0.394 e. The second kappa shape index (κ2) is 36.4. The van der Waals surface area contributed by atoms with E-state index >= 15 is 13.6 Å². The van der Waals surface area contributed by atoms with E-state index in [1.165, 1.54) is 35.9 Å². The second-order valence-corrected chi connectivity index (χ2v) is 30.0.